The minimum atomic E-state index is -0.0667. The van der Waals surface area contributed by atoms with Gasteiger partial charge in [-0.15, -0.1) is 0 Å². The van der Waals surface area contributed by atoms with Gasteiger partial charge in [0.2, 0.25) is 0 Å². The number of aliphatic hydroxyl groups excluding tert-OH is 1. The number of rotatable bonds is 3. The molecule has 2 nitrogen and oxygen atoms in total. The summed E-state index contributed by atoms with van der Waals surface area (Å²) in [6.45, 7) is 5.03. The highest BCUT2D eigenvalue weighted by atomic mass is 16.5. The molecule has 5 atom stereocenters. The van der Waals surface area contributed by atoms with Crippen molar-refractivity contribution < 1.29 is 9.84 Å². The lowest BCUT2D eigenvalue weighted by Crippen LogP contribution is -2.45. The molecular weight excluding hydrogens is 284 g/mol. The maximum Gasteiger partial charge on any atom is 0.127 e. The first kappa shape index (κ1) is 15.5. The van der Waals surface area contributed by atoms with Gasteiger partial charge in [-0.1, -0.05) is 6.92 Å². The fourth-order valence-electron chi connectivity index (χ4n) is 6.17. The third kappa shape index (κ3) is 2.25. The van der Waals surface area contributed by atoms with Gasteiger partial charge in [0.15, 0.2) is 0 Å². The highest BCUT2D eigenvalue weighted by molar-refractivity contribution is 5.40. The van der Waals surface area contributed by atoms with E-state index in [-0.39, 0.29) is 11.5 Å². The largest absolute Gasteiger partial charge is 0.493 e. The predicted molar refractivity (Wildman–Crippen MR) is 91.7 cm³/mol. The number of ether oxygens (including phenoxy) is 1. The van der Waals surface area contributed by atoms with Gasteiger partial charge in [-0.2, -0.15) is 0 Å². The van der Waals surface area contributed by atoms with E-state index in [1.54, 1.807) is 0 Å². The van der Waals surface area contributed by atoms with Gasteiger partial charge in [-0.3, -0.25) is 0 Å². The van der Waals surface area contributed by atoms with Gasteiger partial charge in [0.25, 0.3) is 0 Å². The lowest BCUT2D eigenvalue weighted by atomic mass is 9.54. The number of aryl methyl sites for hydroxylation is 1. The highest BCUT2D eigenvalue weighted by Gasteiger charge is 2.55. The Labute approximate surface area is 140 Å². The van der Waals surface area contributed by atoms with Gasteiger partial charge in [0.05, 0.1) is 12.7 Å². The first-order valence-corrected chi connectivity index (χ1v) is 9.55. The lowest BCUT2D eigenvalue weighted by molar-refractivity contribution is -0.0394. The molecule has 125 valence electrons. The maximum absolute atomic E-state index is 10.6. The summed E-state index contributed by atoms with van der Waals surface area (Å²) in [5, 5.41) is 10.6. The predicted octanol–water partition coefficient (Wildman–Crippen LogP) is 4.49. The second-order valence-corrected chi connectivity index (χ2v) is 7.84. The molecule has 2 saturated carbocycles. The summed E-state index contributed by atoms with van der Waals surface area (Å²) in [4.78, 5) is 0. The zero-order chi connectivity index (χ0) is 16.0. The molecule has 1 N–H and O–H groups in total. The van der Waals surface area contributed by atoms with Gasteiger partial charge < -0.3 is 9.84 Å². The lowest BCUT2D eigenvalue weighted by Gasteiger charge is -2.51. The molecule has 0 saturated heterocycles. The normalized spacial score (nSPS) is 38.6. The highest BCUT2D eigenvalue weighted by Crippen LogP contribution is 2.62. The van der Waals surface area contributed by atoms with Crippen LogP contribution in [-0.4, -0.2) is 17.8 Å². The molecule has 2 fully saturated rings. The Morgan fingerprint density at radius 1 is 1.26 bits per heavy atom. The van der Waals surface area contributed by atoms with E-state index in [1.165, 1.54) is 43.2 Å². The average Bonchev–Trinajstić information content (AvgIpc) is 2.92. The van der Waals surface area contributed by atoms with Crippen molar-refractivity contribution >= 4 is 0 Å². The van der Waals surface area contributed by atoms with Crippen LogP contribution in [0.25, 0.3) is 0 Å². The van der Waals surface area contributed by atoms with E-state index in [0.29, 0.717) is 18.4 Å². The summed E-state index contributed by atoms with van der Waals surface area (Å²) in [6.07, 6.45) is 8.20. The summed E-state index contributed by atoms with van der Waals surface area (Å²) in [5.74, 6) is 3.05. The Kier molecular flexibility index (Phi) is 3.91. The van der Waals surface area contributed by atoms with Crippen LogP contribution in [0.5, 0.6) is 5.75 Å². The Morgan fingerprint density at radius 3 is 2.91 bits per heavy atom. The first-order valence-electron chi connectivity index (χ1n) is 9.55. The fraction of sp³-hybridized carbons (Fsp3) is 0.714. The van der Waals surface area contributed by atoms with E-state index >= 15 is 0 Å². The van der Waals surface area contributed by atoms with Crippen molar-refractivity contribution in [2.75, 3.05) is 6.61 Å². The molecule has 0 aliphatic heterocycles. The quantitative estimate of drug-likeness (QED) is 0.890. The number of hydrogen-bond acceptors (Lipinski definition) is 2. The molecule has 3 aliphatic carbocycles. The van der Waals surface area contributed by atoms with Crippen molar-refractivity contribution in [2.45, 2.75) is 70.8 Å². The van der Waals surface area contributed by atoms with E-state index in [4.69, 9.17) is 4.74 Å². The van der Waals surface area contributed by atoms with Crippen molar-refractivity contribution in [3.05, 3.63) is 29.3 Å². The molecule has 0 spiro atoms. The van der Waals surface area contributed by atoms with E-state index in [1.807, 2.05) is 6.92 Å². The van der Waals surface area contributed by atoms with Crippen LogP contribution in [0.1, 0.15) is 69.4 Å². The Bertz CT molecular complexity index is 581. The molecule has 0 aromatic heterocycles. The zero-order valence-electron chi connectivity index (χ0n) is 14.5. The molecule has 4 rings (SSSR count). The molecule has 1 radical (unpaired) electrons. The number of aliphatic hydroxyl groups is 1. The summed E-state index contributed by atoms with van der Waals surface area (Å²) >= 11 is 0. The summed E-state index contributed by atoms with van der Waals surface area (Å²) in [5.41, 5.74) is 3.22. The van der Waals surface area contributed by atoms with Crippen molar-refractivity contribution in [2.24, 2.45) is 17.3 Å². The molecule has 0 unspecified atom stereocenters. The average molecular weight is 313 g/mol. The minimum Gasteiger partial charge on any atom is -0.493 e. The van der Waals surface area contributed by atoms with Crippen LogP contribution < -0.4 is 4.74 Å². The maximum atomic E-state index is 10.6. The fourth-order valence-corrected chi connectivity index (χ4v) is 6.17. The number of hydrogen-bond donors (Lipinski definition) is 1. The monoisotopic (exact) mass is 313 g/mol. The van der Waals surface area contributed by atoms with E-state index in [2.05, 4.69) is 25.1 Å². The summed E-state index contributed by atoms with van der Waals surface area (Å²) in [7, 11) is 0. The van der Waals surface area contributed by atoms with Crippen LogP contribution in [0.2, 0.25) is 0 Å². The topological polar surface area (TPSA) is 29.5 Å². The van der Waals surface area contributed by atoms with Gasteiger partial charge in [-0.25, -0.2) is 0 Å². The van der Waals surface area contributed by atoms with Crippen molar-refractivity contribution in [1.82, 2.24) is 0 Å². The SMILES string of the molecule is CCOc1[c]cc2c(c1)[C@H]1CC[C@]3(CC)[C@@H](O)CC[C@H]3[C@@H]1CC2. The molecular formula is C21H29O2. The van der Waals surface area contributed by atoms with Crippen molar-refractivity contribution in [1.29, 1.82) is 0 Å². The minimum absolute atomic E-state index is 0.0667. The molecule has 0 heterocycles. The molecule has 23 heavy (non-hydrogen) atoms. The summed E-state index contributed by atoms with van der Waals surface area (Å²) < 4.78 is 5.70. The number of benzene rings is 1. The van der Waals surface area contributed by atoms with E-state index in [9.17, 15) is 5.11 Å². The van der Waals surface area contributed by atoms with Crippen LogP contribution in [0.4, 0.5) is 0 Å². The molecule has 0 bridgehead atoms. The second kappa shape index (κ2) is 5.81. The van der Waals surface area contributed by atoms with E-state index in [0.717, 1.165) is 24.5 Å². The van der Waals surface area contributed by atoms with Gasteiger partial charge in [-0.05, 0) is 98.3 Å². The van der Waals surface area contributed by atoms with E-state index < -0.39 is 0 Å². The van der Waals surface area contributed by atoms with Gasteiger partial charge in [0, 0.05) is 6.07 Å². The van der Waals surface area contributed by atoms with Gasteiger partial charge in [0.1, 0.15) is 5.75 Å². The molecule has 0 amide bonds. The standard InChI is InChI=1S/C21H29O2/c1-3-21-12-11-16-17(19(21)9-10-20(21)22)8-6-14-5-7-15(23-4-2)13-18(14)16/h5,13,16-17,19-20,22H,3-4,6,8-12H2,1-2H3/t16-,17+,19-,20-,21-/m0/s1. The Hall–Kier alpha value is -1.02. The molecule has 3 aliphatic rings. The van der Waals surface area contributed by atoms with Gasteiger partial charge >= 0.3 is 0 Å². The zero-order valence-corrected chi connectivity index (χ0v) is 14.5. The molecule has 2 heteroatoms. The third-order valence-corrected chi connectivity index (χ3v) is 7.26. The summed E-state index contributed by atoms with van der Waals surface area (Å²) in [6, 6.07) is 7.74. The smallest absolute Gasteiger partial charge is 0.127 e. The third-order valence-electron chi connectivity index (χ3n) is 7.26. The van der Waals surface area contributed by atoms with Crippen LogP contribution in [0, 0.1) is 23.3 Å². The molecule has 1 aromatic carbocycles. The Morgan fingerprint density at radius 2 is 2.13 bits per heavy atom. The van der Waals surface area contributed by atoms with Crippen molar-refractivity contribution in [3.63, 3.8) is 0 Å². The van der Waals surface area contributed by atoms with Crippen LogP contribution in [0.15, 0.2) is 12.1 Å². The number of fused-ring (bicyclic) bond motifs is 5. The first-order chi connectivity index (χ1) is 11.2. The second-order valence-electron chi connectivity index (χ2n) is 7.84. The Balaban J connectivity index is 1.68. The van der Waals surface area contributed by atoms with Crippen LogP contribution >= 0.6 is 0 Å². The van der Waals surface area contributed by atoms with Crippen LogP contribution in [0.3, 0.4) is 0 Å². The van der Waals surface area contributed by atoms with Crippen LogP contribution in [-0.2, 0) is 6.42 Å². The van der Waals surface area contributed by atoms with Crippen molar-refractivity contribution in [3.8, 4) is 5.75 Å². The molecule has 1 aromatic rings.